The van der Waals surface area contributed by atoms with E-state index >= 15 is 0 Å². The molecule has 2 aromatic rings. The number of primary amides is 1. The lowest BCUT2D eigenvalue weighted by Crippen LogP contribution is -2.68. The van der Waals surface area contributed by atoms with Crippen molar-refractivity contribution in [3.63, 3.8) is 0 Å². The van der Waals surface area contributed by atoms with Crippen LogP contribution in [0.3, 0.4) is 0 Å². The number of fused-ring (bicyclic) bond motifs is 4. The maximum atomic E-state index is 13.9. The van der Waals surface area contributed by atoms with Gasteiger partial charge in [0.25, 0.3) is 5.91 Å². The first-order chi connectivity index (χ1) is 19.4. The molecule has 2 aromatic carbocycles. The molecule has 1 amide bonds. The maximum absolute atomic E-state index is 13.9. The molecule has 6 rings (SSSR count). The van der Waals surface area contributed by atoms with Gasteiger partial charge in [0.1, 0.15) is 23.4 Å². The van der Waals surface area contributed by atoms with Crippen molar-refractivity contribution in [3.05, 3.63) is 75.8 Å². The van der Waals surface area contributed by atoms with Gasteiger partial charge in [-0.25, -0.2) is 0 Å². The van der Waals surface area contributed by atoms with Crippen molar-refractivity contribution in [2.45, 2.75) is 23.9 Å². The van der Waals surface area contributed by atoms with Crippen molar-refractivity contribution in [1.29, 1.82) is 0 Å². The number of likely N-dealkylation sites (N-methyl/N-ethyl adjacent to an activating group) is 1. The number of nitrogens with two attached hydrogens (primary N) is 1. The fraction of sp³-hybridized carbons (Fsp3) is 0.310. The summed E-state index contributed by atoms with van der Waals surface area (Å²) in [5.74, 6) is -6.59. The van der Waals surface area contributed by atoms with Crippen LogP contribution in [0.25, 0.3) is 11.6 Å². The third-order valence-corrected chi connectivity index (χ3v) is 8.46. The number of phenols is 1. The van der Waals surface area contributed by atoms with Gasteiger partial charge in [-0.3, -0.25) is 9.59 Å². The average Bonchev–Trinajstić information content (AvgIpc) is 3.38. The molecule has 0 aromatic heterocycles. The highest BCUT2D eigenvalue weighted by atomic mass is 16.7. The molecule has 1 unspecified atom stereocenters. The highest BCUT2D eigenvalue weighted by Crippen LogP contribution is 2.56. The molecule has 6 atom stereocenters. The first-order valence-electron chi connectivity index (χ1n) is 12.8. The van der Waals surface area contributed by atoms with Gasteiger partial charge in [-0.05, 0) is 49.0 Å². The van der Waals surface area contributed by atoms with E-state index in [-0.39, 0.29) is 17.9 Å². The molecular formula is C29H28N2O10. The van der Waals surface area contributed by atoms with Gasteiger partial charge >= 0.3 is 0 Å². The fourth-order valence-corrected chi connectivity index (χ4v) is 6.69. The average molecular weight is 565 g/mol. The topological polar surface area (TPSA) is 203 Å². The summed E-state index contributed by atoms with van der Waals surface area (Å²) in [6.45, 7) is 0.0431. The number of Topliss-reactive ketones (excluding diaryl/α,β-unsaturated/α-hetero) is 1. The monoisotopic (exact) mass is 564 g/mol. The lowest BCUT2D eigenvalue weighted by molar-refractivity contribution is -0.145. The van der Waals surface area contributed by atoms with E-state index in [4.69, 9.17) is 15.2 Å². The molecule has 12 nitrogen and oxygen atoms in total. The molecule has 3 aliphatic carbocycles. The summed E-state index contributed by atoms with van der Waals surface area (Å²) in [6.07, 6.45) is -1.81. The van der Waals surface area contributed by atoms with Crippen molar-refractivity contribution >= 4 is 23.3 Å². The molecule has 0 spiro atoms. The Bertz CT molecular complexity index is 1610. The van der Waals surface area contributed by atoms with E-state index in [0.29, 0.717) is 22.6 Å². The minimum Gasteiger partial charge on any atom is -0.508 e. The molecular weight excluding hydrogens is 536 g/mol. The molecule has 0 saturated heterocycles. The number of aliphatic hydroxyl groups is 5. The van der Waals surface area contributed by atoms with Gasteiger partial charge in [-0.2, -0.15) is 0 Å². The van der Waals surface area contributed by atoms with E-state index in [1.165, 1.54) is 31.1 Å². The zero-order valence-corrected chi connectivity index (χ0v) is 22.0. The van der Waals surface area contributed by atoms with Gasteiger partial charge in [-0.1, -0.05) is 24.3 Å². The number of carbonyl (C=O) groups excluding carboxylic acids is 2. The Morgan fingerprint density at radius 2 is 1.78 bits per heavy atom. The zero-order valence-electron chi connectivity index (χ0n) is 22.0. The third-order valence-electron chi connectivity index (χ3n) is 8.46. The summed E-state index contributed by atoms with van der Waals surface area (Å²) in [5, 5.41) is 68.5. The molecule has 1 heterocycles. The molecule has 214 valence electrons. The molecule has 0 radical (unpaired) electrons. The molecule has 0 fully saturated rings. The van der Waals surface area contributed by atoms with Crippen LogP contribution in [0.4, 0.5) is 0 Å². The summed E-state index contributed by atoms with van der Waals surface area (Å²) >= 11 is 0. The van der Waals surface area contributed by atoms with Gasteiger partial charge in [-0.15, -0.1) is 0 Å². The van der Waals surface area contributed by atoms with Crippen molar-refractivity contribution in [1.82, 2.24) is 4.90 Å². The van der Waals surface area contributed by atoms with E-state index < -0.39 is 75.8 Å². The Morgan fingerprint density at radius 3 is 2.46 bits per heavy atom. The number of ether oxygens (including phenoxy) is 2. The van der Waals surface area contributed by atoms with Crippen LogP contribution in [0.5, 0.6) is 17.2 Å². The summed E-state index contributed by atoms with van der Waals surface area (Å²) < 4.78 is 10.9. The number of carbonyl (C=O) groups is 2. The molecule has 12 heteroatoms. The van der Waals surface area contributed by atoms with Crippen LogP contribution in [0.2, 0.25) is 0 Å². The van der Waals surface area contributed by atoms with Gasteiger partial charge in [0, 0.05) is 17.9 Å². The second-order valence-corrected chi connectivity index (χ2v) is 10.8. The summed E-state index contributed by atoms with van der Waals surface area (Å²) in [7, 11) is 3.03. The highest BCUT2D eigenvalue weighted by Gasteiger charge is 2.66. The number of hydrogen-bond acceptors (Lipinski definition) is 11. The number of rotatable bonds is 3. The van der Waals surface area contributed by atoms with Crippen molar-refractivity contribution in [2.75, 3.05) is 20.9 Å². The number of benzene rings is 2. The van der Waals surface area contributed by atoms with E-state index in [1.807, 2.05) is 0 Å². The SMILES string of the molecule is CN(C)[C@@H]1C(O)C(C(N)=O)=C(O)[C@@]2(O)C(O)=C3C(=O)c4c(O)cccc4/C(=C\c4ccc5c(c4)OCO5)[C@H]3[C@H](O)[C@@H]12. The van der Waals surface area contributed by atoms with Gasteiger partial charge < -0.3 is 50.7 Å². The number of amides is 1. The Labute approximate surface area is 233 Å². The number of ketones is 1. The first-order valence-corrected chi connectivity index (χ1v) is 12.8. The predicted molar refractivity (Wildman–Crippen MR) is 143 cm³/mol. The number of aliphatic hydroxyl groups excluding tert-OH is 4. The summed E-state index contributed by atoms with van der Waals surface area (Å²) in [4.78, 5) is 27.6. The van der Waals surface area contributed by atoms with E-state index in [9.17, 15) is 40.2 Å². The first kappa shape index (κ1) is 26.8. The maximum Gasteiger partial charge on any atom is 0.250 e. The molecule has 0 saturated carbocycles. The van der Waals surface area contributed by atoms with Crippen LogP contribution in [0.1, 0.15) is 21.5 Å². The molecule has 41 heavy (non-hydrogen) atoms. The predicted octanol–water partition coefficient (Wildman–Crippen LogP) is 0.610. The van der Waals surface area contributed by atoms with Crippen LogP contribution in [-0.4, -0.2) is 92.0 Å². The van der Waals surface area contributed by atoms with Gasteiger partial charge in [0.05, 0.1) is 22.8 Å². The Morgan fingerprint density at radius 1 is 1.07 bits per heavy atom. The van der Waals surface area contributed by atoms with Crippen LogP contribution in [0.15, 0.2) is 59.1 Å². The molecule has 8 N–H and O–H groups in total. The van der Waals surface area contributed by atoms with Gasteiger partial charge in [0.2, 0.25) is 6.79 Å². The van der Waals surface area contributed by atoms with Crippen LogP contribution < -0.4 is 15.2 Å². The lowest BCUT2D eigenvalue weighted by Gasteiger charge is -2.54. The molecule has 1 aliphatic heterocycles. The summed E-state index contributed by atoms with van der Waals surface area (Å²) in [6, 6.07) is 8.22. The quantitative estimate of drug-likeness (QED) is 0.275. The normalized spacial score (nSPS) is 31.3. The number of nitrogens with zero attached hydrogens (tertiary/aromatic N) is 1. The van der Waals surface area contributed by atoms with Crippen molar-refractivity contribution in [2.24, 2.45) is 17.6 Å². The minimum absolute atomic E-state index is 0.0431. The smallest absolute Gasteiger partial charge is 0.250 e. The Hall–Kier alpha value is -4.36. The molecule has 4 aliphatic rings. The van der Waals surface area contributed by atoms with Crippen molar-refractivity contribution < 1.29 is 49.7 Å². The third kappa shape index (κ3) is 3.55. The van der Waals surface area contributed by atoms with Crippen molar-refractivity contribution in [3.8, 4) is 17.2 Å². The second kappa shape index (κ2) is 9.08. The number of phenolic OH excluding ortho intramolecular Hbond substituents is 1. The van der Waals surface area contributed by atoms with E-state index in [1.54, 1.807) is 30.3 Å². The fourth-order valence-electron chi connectivity index (χ4n) is 6.69. The Kier molecular flexibility index (Phi) is 5.94. The highest BCUT2D eigenvalue weighted by molar-refractivity contribution is 6.19. The number of hydrogen-bond donors (Lipinski definition) is 7. The van der Waals surface area contributed by atoms with E-state index in [2.05, 4.69) is 0 Å². The number of aromatic hydroxyl groups is 1. The van der Waals surface area contributed by atoms with Crippen LogP contribution >= 0.6 is 0 Å². The zero-order chi connectivity index (χ0) is 29.5. The minimum atomic E-state index is -2.87. The van der Waals surface area contributed by atoms with Gasteiger partial charge in [0.15, 0.2) is 22.9 Å². The lowest BCUT2D eigenvalue weighted by atomic mass is 9.56. The Balaban J connectivity index is 1.67. The largest absolute Gasteiger partial charge is 0.508 e. The van der Waals surface area contributed by atoms with Crippen LogP contribution in [0, 0.1) is 11.8 Å². The van der Waals surface area contributed by atoms with E-state index in [0.717, 1.165) is 0 Å². The second-order valence-electron chi connectivity index (χ2n) is 10.8. The summed E-state index contributed by atoms with van der Waals surface area (Å²) in [5.41, 5.74) is 2.27. The van der Waals surface area contributed by atoms with Crippen LogP contribution in [-0.2, 0) is 4.79 Å². The standard InChI is InChI=1S/C29H28N2O10/c1-31(2)22-21-24(34)18-13(8-11-6-7-15-16(9-11)41-10-40-15)12-4-3-5-14(32)17(12)23(33)19(18)26(36)29(21,39)27(37)20(25(22)35)28(30)38/h3-9,18,21-22,24-25,32,34-37,39H,10H2,1-2H3,(H2,30,38)/b13-8+/t18-,21-,22+,24+,25?,29+/m1/s1. The molecule has 0 bridgehead atoms.